The number of aromatic nitrogens is 1. The van der Waals surface area contributed by atoms with Gasteiger partial charge in [0.1, 0.15) is 5.82 Å². The van der Waals surface area contributed by atoms with E-state index in [1.54, 1.807) is 6.07 Å². The fourth-order valence-corrected chi connectivity index (χ4v) is 2.00. The van der Waals surface area contributed by atoms with Gasteiger partial charge in [0.15, 0.2) is 11.5 Å². The lowest BCUT2D eigenvalue weighted by atomic mass is 10.1. The molecule has 0 spiro atoms. The summed E-state index contributed by atoms with van der Waals surface area (Å²) in [6.07, 6.45) is -0.233. The maximum Gasteiger partial charge on any atom is 0.238 e. The molecular formula is C12H13ClN2O2. The Bertz CT molecular complexity index is 586. The van der Waals surface area contributed by atoms with E-state index in [1.807, 2.05) is 26.0 Å². The van der Waals surface area contributed by atoms with E-state index < -0.39 is 0 Å². The Morgan fingerprint density at radius 1 is 1.29 bits per heavy atom. The van der Waals surface area contributed by atoms with Crippen molar-refractivity contribution in [2.75, 3.05) is 5.73 Å². The highest BCUT2D eigenvalue weighted by molar-refractivity contribution is 5.87. The lowest BCUT2D eigenvalue weighted by molar-refractivity contribution is 0.0676. The molecule has 0 fully saturated rings. The van der Waals surface area contributed by atoms with Crippen LogP contribution in [0.1, 0.15) is 12.5 Å². The number of rotatable bonds is 0. The number of hydrogen-bond donors (Lipinski definition) is 1. The molecule has 90 valence electrons. The Labute approximate surface area is 105 Å². The molecule has 1 aliphatic rings. The lowest BCUT2D eigenvalue weighted by Gasteiger charge is -2.06. The Kier molecular flexibility index (Phi) is 2.75. The van der Waals surface area contributed by atoms with Gasteiger partial charge in [-0.05, 0) is 25.1 Å². The highest BCUT2D eigenvalue weighted by Gasteiger charge is 2.24. The summed E-state index contributed by atoms with van der Waals surface area (Å²) in [6, 6.07) is 5.66. The fourth-order valence-electron chi connectivity index (χ4n) is 2.00. The van der Waals surface area contributed by atoms with E-state index in [2.05, 4.69) is 4.98 Å². The van der Waals surface area contributed by atoms with Crippen LogP contribution >= 0.6 is 12.4 Å². The van der Waals surface area contributed by atoms with Crippen LogP contribution in [0.15, 0.2) is 18.2 Å². The number of anilines is 1. The van der Waals surface area contributed by atoms with E-state index in [0.717, 1.165) is 28.0 Å². The van der Waals surface area contributed by atoms with Crippen LogP contribution in [0.2, 0.25) is 0 Å². The molecule has 1 aromatic heterocycles. The predicted octanol–water partition coefficient (Wildman–Crippen LogP) is 2.66. The van der Waals surface area contributed by atoms with Crippen LogP contribution < -0.4 is 15.2 Å². The highest BCUT2D eigenvalue weighted by atomic mass is 35.5. The summed E-state index contributed by atoms with van der Waals surface area (Å²) in [6.45, 7) is 3.83. The number of aryl methyl sites for hydroxylation is 1. The van der Waals surface area contributed by atoms with E-state index in [1.165, 1.54) is 0 Å². The molecule has 4 nitrogen and oxygen atoms in total. The van der Waals surface area contributed by atoms with E-state index in [0.29, 0.717) is 5.82 Å². The fraction of sp³-hybridized carbons (Fsp3) is 0.250. The van der Waals surface area contributed by atoms with Gasteiger partial charge in [-0.25, -0.2) is 4.98 Å². The third-order valence-corrected chi connectivity index (χ3v) is 2.73. The van der Waals surface area contributed by atoms with Crippen LogP contribution in [0.4, 0.5) is 5.82 Å². The van der Waals surface area contributed by atoms with Gasteiger partial charge in [-0.3, -0.25) is 0 Å². The van der Waals surface area contributed by atoms with Gasteiger partial charge in [-0.15, -0.1) is 12.4 Å². The molecule has 1 atom stereocenters. The SMILES string of the molecule is Cc1c2c(cc3ccc(N)nc13)OC(C)O2.Cl. The molecule has 1 unspecified atom stereocenters. The third kappa shape index (κ3) is 1.74. The van der Waals surface area contributed by atoms with Crippen molar-refractivity contribution in [3.05, 3.63) is 23.8 Å². The molecule has 1 aliphatic heterocycles. The Morgan fingerprint density at radius 2 is 2.06 bits per heavy atom. The molecule has 0 saturated carbocycles. The van der Waals surface area contributed by atoms with Crippen LogP contribution in [0.25, 0.3) is 10.9 Å². The summed E-state index contributed by atoms with van der Waals surface area (Å²) in [7, 11) is 0. The quantitative estimate of drug-likeness (QED) is 0.783. The van der Waals surface area contributed by atoms with Gasteiger partial charge in [0, 0.05) is 17.9 Å². The maximum atomic E-state index is 5.68. The van der Waals surface area contributed by atoms with Crippen LogP contribution in [0.5, 0.6) is 11.5 Å². The zero-order valence-electron chi connectivity index (χ0n) is 9.56. The summed E-state index contributed by atoms with van der Waals surface area (Å²) >= 11 is 0. The normalized spacial score (nSPS) is 16.9. The van der Waals surface area contributed by atoms with Crippen molar-refractivity contribution >= 4 is 29.1 Å². The van der Waals surface area contributed by atoms with Crippen molar-refractivity contribution < 1.29 is 9.47 Å². The van der Waals surface area contributed by atoms with Crippen molar-refractivity contribution in [3.8, 4) is 11.5 Å². The van der Waals surface area contributed by atoms with Crippen molar-refractivity contribution in [2.24, 2.45) is 0 Å². The van der Waals surface area contributed by atoms with Gasteiger partial charge in [0.05, 0.1) is 5.52 Å². The smallest absolute Gasteiger partial charge is 0.238 e. The molecule has 0 bridgehead atoms. The Balaban J connectivity index is 0.00000108. The number of nitrogen functional groups attached to an aromatic ring is 1. The van der Waals surface area contributed by atoms with Crippen molar-refractivity contribution in [1.82, 2.24) is 4.98 Å². The summed E-state index contributed by atoms with van der Waals surface area (Å²) in [5.74, 6) is 2.07. The maximum absolute atomic E-state index is 5.68. The minimum Gasteiger partial charge on any atom is -0.451 e. The van der Waals surface area contributed by atoms with Gasteiger partial charge in [-0.2, -0.15) is 0 Å². The zero-order chi connectivity index (χ0) is 11.3. The second-order valence-corrected chi connectivity index (χ2v) is 3.94. The first-order valence-electron chi connectivity index (χ1n) is 5.18. The molecule has 2 aromatic rings. The topological polar surface area (TPSA) is 57.4 Å². The number of benzene rings is 1. The standard InChI is InChI=1S/C12H12N2O2.ClH/c1-6-11-8(3-4-10(13)14-11)5-9-12(6)16-7(2)15-9;/h3-5,7H,1-2H3,(H2,13,14);1H. The van der Waals surface area contributed by atoms with Gasteiger partial charge in [0.25, 0.3) is 0 Å². The molecule has 0 amide bonds. The molecule has 0 aliphatic carbocycles. The average molecular weight is 253 g/mol. The average Bonchev–Trinajstić information content (AvgIpc) is 2.61. The molecule has 2 N–H and O–H groups in total. The summed E-state index contributed by atoms with van der Waals surface area (Å²) < 4.78 is 11.1. The molecule has 0 saturated heterocycles. The lowest BCUT2D eigenvalue weighted by Crippen LogP contribution is -2.11. The second-order valence-electron chi connectivity index (χ2n) is 3.94. The second kappa shape index (κ2) is 3.96. The Morgan fingerprint density at radius 3 is 2.82 bits per heavy atom. The van der Waals surface area contributed by atoms with E-state index in [-0.39, 0.29) is 18.7 Å². The molecule has 2 heterocycles. The minimum absolute atomic E-state index is 0. The van der Waals surface area contributed by atoms with Crippen LogP contribution in [0, 0.1) is 6.92 Å². The van der Waals surface area contributed by atoms with Crippen LogP contribution in [-0.4, -0.2) is 11.3 Å². The van der Waals surface area contributed by atoms with Crippen molar-refractivity contribution in [2.45, 2.75) is 20.1 Å². The number of nitrogens with two attached hydrogens (primary N) is 1. The van der Waals surface area contributed by atoms with Crippen LogP contribution in [0.3, 0.4) is 0 Å². The van der Waals surface area contributed by atoms with Crippen molar-refractivity contribution in [1.29, 1.82) is 0 Å². The number of ether oxygens (including phenoxy) is 2. The molecule has 17 heavy (non-hydrogen) atoms. The molecule has 1 aromatic carbocycles. The number of halogens is 1. The number of fused-ring (bicyclic) bond motifs is 2. The van der Waals surface area contributed by atoms with Gasteiger partial charge >= 0.3 is 0 Å². The van der Waals surface area contributed by atoms with Gasteiger partial charge < -0.3 is 15.2 Å². The first kappa shape index (κ1) is 11.8. The summed E-state index contributed by atoms with van der Waals surface area (Å²) in [4.78, 5) is 4.32. The molecule has 0 radical (unpaired) electrons. The zero-order valence-corrected chi connectivity index (χ0v) is 10.4. The van der Waals surface area contributed by atoms with E-state index in [4.69, 9.17) is 15.2 Å². The predicted molar refractivity (Wildman–Crippen MR) is 68.9 cm³/mol. The van der Waals surface area contributed by atoms with E-state index >= 15 is 0 Å². The molecule has 5 heteroatoms. The van der Waals surface area contributed by atoms with Gasteiger partial charge in [0.2, 0.25) is 6.29 Å². The number of hydrogen-bond acceptors (Lipinski definition) is 4. The minimum atomic E-state index is -0.233. The summed E-state index contributed by atoms with van der Waals surface area (Å²) in [5.41, 5.74) is 7.53. The van der Waals surface area contributed by atoms with Crippen LogP contribution in [-0.2, 0) is 0 Å². The van der Waals surface area contributed by atoms with Gasteiger partial charge in [-0.1, -0.05) is 0 Å². The largest absolute Gasteiger partial charge is 0.451 e. The Hall–Kier alpha value is -1.68. The van der Waals surface area contributed by atoms with E-state index in [9.17, 15) is 0 Å². The number of pyridine rings is 1. The molecule has 3 rings (SSSR count). The first-order valence-corrected chi connectivity index (χ1v) is 5.18. The summed E-state index contributed by atoms with van der Waals surface area (Å²) in [5, 5.41) is 1.02. The first-order chi connectivity index (χ1) is 7.65. The number of nitrogens with zero attached hydrogens (tertiary/aromatic N) is 1. The molecular weight excluding hydrogens is 240 g/mol. The van der Waals surface area contributed by atoms with Crippen molar-refractivity contribution in [3.63, 3.8) is 0 Å². The monoisotopic (exact) mass is 252 g/mol. The highest BCUT2D eigenvalue weighted by Crippen LogP contribution is 2.41. The third-order valence-electron chi connectivity index (χ3n) is 2.73.